The first-order valence-electron chi connectivity index (χ1n) is 5.90. The molecule has 0 spiro atoms. The molecule has 0 heterocycles. The smallest absolute Gasteiger partial charge is 0.333 e. The Labute approximate surface area is 101 Å². The van der Waals surface area contributed by atoms with E-state index in [9.17, 15) is 9.90 Å². The van der Waals surface area contributed by atoms with Crippen LogP contribution in [0.1, 0.15) is 25.0 Å². The molecule has 0 fully saturated rings. The first-order valence-corrected chi connectivity index (χ1v) is 5.90. The number of aliphatic hydroxyl groups excluding tert-OH is 1. The number of carboxylic acid groups (broad SMARTS) is 1. The first-order chi connectivity index (χ1) is 7.93. The second-order valence-electron chi connectivity index (χ2n) is 5.44. The average molecular weight is 234 g/mol. The highest BCUT2D eigenvalue weighted by molar-refractivity contribution is 5.73. The maximum atomic E-state index is 10.9. The van der Waals surface area contributed by atoms with Crippen molar-refractivity contribution in [1.29, 1.82) is 0 Å². The zero-order valence-electron chi connectivity index (χ0n) is 10.2. The summed E-state index contributed by atoms with van der Waals surface area (Å²) in [4.78, 5) is 10.9. The lowest BCUT2D eigenvalue weighted by Gasteiger charge is -2.34. The molecule has 3 nitrogen and oxygen atoms in total. The summed E-state index contributed by atoms with van der Waals surface area (Å²) in [6.45, 7) is 3.67. The summed E-state index contributed by atoms with van der Waals surface area (Å²) in [5.41, 5.74) is 1.96. The lowest BCUT2D eigenvalue weighted by atomic mass is 9.73. The molecule has 0 radical (unpaired) electrons. The summed E-state index contributed by atoms with van der Waals surface area (Å²) in [5, 5.41) is 18.7. The van der Waals surface area contributed by atoms with Gasteiger partial charge in [0.15, 0.2) is 6.10 Å². The van der Waals surface area contributed by atoms with E-state index in [0.717, 1.165) is 12.8 Å². The van der Waals surface area contributed by atoms with Gasteiger partial charge in [0.2, 0.25) is 0 Å². The molecule has 0 saturated heterocycles. The van der Waals surface area contributed by atoms with E-state index in [-0.39, 0.29) is 5.92 Å². The van der Waals surface area contributed by atoms with Crippen LogP contribution in [0.4, 0.5) is 0 Å². The van der Waals surface area contributed by atoms with Crippen molar-refractivity contribution < 1.29 is 15.0 Å². The Morgan fingerprint density at radius 3 is 2.18 bits per heavy atom. The fraction of sp³-hybridized carbons (Fsp3) is 0.500. The minimum atomic E-state index is -1.30. The van der Waals surface area contributed by atoms with Gasteiger partial charge >= 0.3 is 5.97 Å². The molecule has 1 aromatic rings. The predicted molar refractivity (Wildman–Crippen MR) is 64.8 cm³/mol. The van der Waals surface area contributed by atoms with Crippen LogP contribution in [0.3, 0.4) is 0 Å². The molecule has 3 heteroatoms. The quantitative estimate of drug-likeness (QED) is 0.839. The van der Waals surface area contributed by atoms with E-state index in [1.54, 1.807) is 0 Å². The molecule has 2 N–H and O–H groups in total. The molecular formula is C14H18O3. The van der Waals surface area contributed by atoms with Gasteiger partial charge in [-0.1, -0.05) is 38.1 Å². The first kappa shape index (κ1) is 12.1. The average Bonchev–Trinajstić information content (AvgIpc) is 2.71. The van der Waals surface area contributed by atoms with Gasteiger partial charge in [-0.25, -0.2) is 4.79 Å². The molecule has 0 bridgehead atoms. The van der Waals surface area contributed by atoms with Gasteiger partial charge in [-0.2, -0.15) is 0 Å². The molecule has 1 aliphatic carbocycles. The van der Waals surface area contributed by atoms with Crippen LogP contribution in [0.2, 0.25) is 0 Å². The minimum Gasteiger partial charge on any atom is -0.479 e. The van der Waals surface area contributed by atoms with Crippen molar-refractivity contribution in [2.75, 3.05) is 0 Å². The fourth-order valence-corrected chi connectivity index (χ4v) is 2.63. The highest BCUT2D eigenvalue weighted by Crippen LogP contribution is 2.40. The second-order valence-corrected chi connectivity index (χ2v) is 5.44. The van der Waals surface area contributed by atoms with Crippen LogP contribution in [0, 0.1) is 11.3 Å². The van der Waals surface area contributed by atoms with E-state index in [1.165, 1.54) is 11.1 Å². The molecule has 1 aromatic carbocycles. The monoisotopic (exact) mass is 234 g/mol. The van der Waals surface area contributed by atoms with Crippen molar-refractivity contribution >= 4 is 5.97 Å². The number of aliphatic carboxylic acids is 1. The summed E-state index contributed by atoms with van der Waals surface area (Å²) in [5.74, 6) is -0.947. The number of hydrogen-bond donors (Lipinski definition) is 2. The highest BCUT2D eigenvalue weighted by Gasteiger charge is 2.42. The Balaban J connectivity index is 2.20. The van der Waals surface area contributed by atoms with E-state index in [1.807, 2.05) is 26.0 Å². The highest BCUT2D eigenvalue weighted by atomic mass is 16.4. The lowest BCUT2D eigenvalue weighted by Crippen LogP contribution is -2.42. The normalized spacial score (nSPS) is 17.8. The Bertz CT molecular complexity index is 412. The summed E-state index contributed by atoms with van der Waals surface area (Å²) in [7, 11) is 0. The third-order valence-electron chi connectivity index (χ3n) is 4.04. The van der Waals surface area contributed by atoms with Crippen molar-refractivity contribution in [2.45, 2.75) is 32.8 Å². The van der Waals surface area contributed by atoms with Crippen LogP contribution >= 0.6 is 0 Å². The van der Waals surface area contributed by atoms with Crippen LogP contribution in [-0.2, 0) is 17.6 Å². The molecule has 0 saturated carbocycles. The number of benzene rings is 1. The van der Waals surface area contributed by atoms with Gasteiger partial charge in [0.25, 0.3) is 0 Å². The summed E-state index contributed by atoms with van der Waals surface area (Å²) >= 11 is 0. The summed E-state index contributed by atoms with van der Waals surface area (Å²) in [6, 6.07) is 8.17. The van der Waals surface area contributed by atoms with Crippen molar-refractivity contribution in [1.82, 2.24) is 0 Å². The topological polar surface area (TPSA) is 57.5 Å². The van der Waals surface area contributed by atoms with Crippen LogP contribution in [0.15, 0.2) is 24.3 Å². The molecule has 0 aliphatic heterocycles. The number of fused-ring (bicyclic) bond motifs is 1. The number of carbonyl (C=O) groups is 1. The molecule has 0 amide bonds. The third-order valence-corrected chi connectivity index (χ3v) is 4.04. The maximum absolute atomic E-state index is 10.9. The molecule has 1 aliphatic rings. The van der Waals surface area contributed by atoms with E-state index in [0.29, 0.717) is 0 Å². The number of aliphatic hydroxyl groups is 1. The van der Waals surface area contributed by atoms with Gasteiger partial charge in [0, 0.05) is 5.41 Å². The van der Waals surface area contributed by atoms with Crippen molar-refractivity contribution in [2.24, 2.45) is 11.3 Å². The molecule has 1 unspecified atom stereocenters. The predicted octanol–water partition coefficient (Wildman–Crippen LogP) is 1.87. The van der Waals surface area contributed by atoms with Gasteiger partial charge in [-0.05, 0) is 29.9 Å². The summed E-state index contributed by atoms with van der Waals surface area (Å²) in [6.07, 6.45) is 0.405. The molecule has 2 rings (SSSR count). The molecule has 0 aromatic heterocycles. The Kier molecular flexibility index (Phi) is 2.96. The maximum Gasteiger partial charge on any atom is 0.333 e. The molecule has 17 heavy (non-hydrogen) atoms. The Morgan fingerprint density at radius 2 is 1.76 bits per heavy atom. The summed E-state index contributed by atoms with van der Waals surface area (Å²) < 4.78 is 0. The van der Waals surface area contributed by atoms with Gasteiger partial charge in [-0.3, -0.25) is 0 Å². The number of hydrogen-bond acceptors (Lipinski definition) is 2. The van der Waals surface area contributed by atoms with Crippen LogP contribution < -0.4 is 0 Å². The standard InChI is InChI=1S/C14H18O3/c1-14(2,12(15)13(16)17)11-7-9-5-3-4-6-10(9)8-11/h3-6,11-12,15H,7-8H2,1-2H3,(H,16,17). The number of carboxylic acids is 1. The largest absolute Gasteiger partial charge is 0.479 e. The van der Waals surface area contributed by atoms with E-state index in [4.69, 9.17) is 5.11 Å². The number of rotatable bonds is 3. The lowest BCUT2D eigenvalue weighted by molar-refractivity contribution is -0.155. The van der Waals surface area contributed by atoms with Crippen LogP contribution in [0.5, 0.6) is 0 Å². The third kappa shape index (κ3) is 2.07. The van der Waals surface area contributed by atoms with Gasteiger partial charge in [-0.15, -0.1) is 0 Å². The van der Waals surface area contributed by atoms with E-state index >= 15 is 0 Å². The molecule has 1 atom stereocenters. The van der Waals surface area contributed by atoms with Crippen molar-refractivity contribution in [3.05, 3.63) is 35.4 Å². The van der Waals surface area contributed by atoms with Crippen LogP contribution in [0.25, 0.3) is 0 Å². The van der Waals surface area contributed by atoms with E-state index < -0.39 is 17.5 Å². The zero-order chi connectivity index (χ0) is 12.6. The van der Waals surface area contributed by atoms with Gasteiger partial charge in [0.05, 0.1) is 0 Å². The molecule has 92 valence electrons. The Hall–Kier alpha value is -1.35. The van der Waals surface area contributed by atoms with Gasteiger partial charge < -0.3 is 10.2 Å². The van der Waals surface area contributed by atoms with Gasteiger partial charge in [0.1, 0.15) is 0 Å². The van der Waals surface area contributed by atoms with Crippen molar-refractivity contribution in [3.8, 4) is 0 Å². The fourth-order valence-electron chi connectivity index (χ4n) is 2.63. The second kappa shape index (κ2) is 4.15. The molecular weight excluding hydrogens is 216 g/mol. The van der Waals surface area contributed by atoms with Crippen molar-refractivity contribution in [3.63, 3.8) is 0 Å². The zero-order valence-corrected chi connectivity index (χ0v) is 10.2. The minimum absolute atomic E-state index is 0.186. The Morgan fingerprint density at radius 1 is 1.29 bits per heavy atom. The van der Waals surface area contributed by atoms with Crippen LogP contribution in [-0.4, -0.2) is 22.3 Å². The van der Waals surface area contributed by atoms with E-state index in [2.05, 4.69) is 12.1 Å². The SMILES string of the molecule is CC(C)(C1Cc2ccccc2C1)C(O)C(=O)O.